The van der Waals surface area contributed by atoms with Gasteiger partial charge in [-0.05, 0) is 20.8 Å². The zero-order valence-corrected chi connectivity index (χ0v) is 16.7. The first-order valence-electron chi connectivity index (χ1n) is 9.32. The van der Waals surface area contributed by atoms with Gasteiger partial charge in [0.1, 0.15) is 28.2 Å². The summed E-state index contributed by atoms with van der Waals surface area (Å²) in [5.74, 6) is 0.730. The molecule has 1 amide bonds. The Kier molecular flexibility index (Phi) is 4.72. The van der Waals surface area contributed by atoms with E-state index in [0.717, 1.165) is 29.8 Å². The molecule has 7 nitrogen and oxygen atoms in total. The second-order valence-electron chi connectivity index (χ2n) is 8.29. The number of rotatable bonds is 2. The topological polar surface area (TPSA) is 70.1 Å². The lowest BCUT2D eigenvalue weighted by Gasteiger charge is -2.40. The number of ether oxygens (including phenoxy) is 4. The second-order valence-corrected chi connectivity index (χ2v) is 8.68. The fourth-order valence-corrected chi connectivity index (χ4v) is 3.86. The lowest BCUT2D eigenvalue weighted by Crippen LogP contribution is -2.57. The van der Waals surface area contributed by atoms with Crippen LogP contribution in [-0.2, 0) is 26.2 Å². The number of pyridine rings is 1. The van der Waals surface area contributed by atoms with Crippen LogP contribution in [0.4, 0.5) is 4.79 Å². The number of nitrogens with zero attached hydrogens (tertiary/aromatic N) is 2. The number of hydrogen-bond donors (Lipinski definition) is 0. The van der Waals surface area contributed by atoms with E-state index in [4.69, 9.17) is 30.5 Å². The molecule has 0 radical (unpaired) electrons. The van der Waals surface area contributed by atoms with Crippen LogP contribution in [0.1, 0.15) is 38.4 Å². The van der Waals surface area contributed by atoms with Crippen molar-refractivity contribution in [2.24, 2.45) is 0 Å². The first-order valence-corrected chi connectivity index (χ1v) is 9.70. The highest BCUT2D eigenvalue weighted by molar-refractivity contribution is 6.29. The van der Waals surface area contributed by atoms with Crippen molar-refractivity contribution in [3.05, 3.63) is 22.5 Å². The molecule has 2 saturated heterocycles. The van der Waals surface area contributed by atoms with Crippen LogP contribution in [0.25, 0.3) is 0 Å². The van der Waals surface area contributed by atoms with E-state index in [9.17, 15) is 4.79 Å². The van der Waals surface area contributed by atoms with Gasteiger partial charge in [0.05, 0.1) is 32.0 Å². The molecule has 1 unspecified atom stereocenters. The molecule has 2 fully saturated rings. The standard InChI is InChI=1S/C19H25ClN2O5/c1-18(2,3)27-17(23)22-9-12(10-22)26-14-8-15(20)21-16-13(14)4-6-25-19(16)5-7-24-11-19/h8,12H,4-7,9-11H2,1-3H3. The minimum absolute atomic E-state index is 0.0845. The molecule has 0 N–H and O–H groups in total. The molecule has 4 rings (SSSR count). The summed E-state index contributed by atoms with van der Waals surface area (Å²) in [6.07, 6.45) is 1.09. The van der Waals surface area contributed by atoms with Crippen LogP contribution >= 0.6 is 11.6 Å². The predicted molar refractivity (Wildman–Crippen MR) is 98.2 cm³/mol. The fraction of sp³-hybridized carbons (Fsp3) is 0.684. The van der Waals surface area contributed by atoms with Gasteiger partial charge in [0, 0.05) is 31.1 Å². The Morgan fingerprint density at radius 2 is 2.15 bits per heavy atom. The van der Waals surface area contributed by atoms with E-state index in [0.29, 0.717) is 38.1 Å². The Bertz CT molecular complexity index is 736. The Labute approximate surface area is 163 Å². The van der Waals surface area contributed by atoms with E-state index in [1.807, 2.05) is 20.8 Å². The summed E-state index contributed by atoms with van der Waals surface area (Å²) in [5.41, 5.74) is 0.848. The van der Waals surface area contributed by atoms with Crippen LogP contribution in [0.2, 0.25) is 5.15 Å². The molecule has 0 aliphatic carbocycles. The summed E-state index contributed by atoms with van der Waals surface area (Å²) in [4.78, 5) is 18.3. The monoisotopic (exact) mass is 396 g/mol. The number of hydrogen-bond acceptors (Lipinski definition) is 6. The number of aromatic nitrogens is 1. The Balaban J connectivity index is 1.47. The van der Waals surface area contributed by atoms with Gasteiger partial charge in [-0.1, -0.05) is 11.6 Å². The Hall–Kier alpha value is -1.57. The van der Waals surface area contributed by atoms with Crippen molar-refractivity contribution in [2.45, 2.75) is 50.9 Å². The summed E-state index contributed by atoms with van der Waals surface area (Å²) in [6.45, 7) is 8.30. The maximum Gasteiger partial charge on any atom is 0.410 e. The third kappa shape index (κ3) is 3.73. The lowest BCUT2D eigenvalue weighted by molar-refractivity contribution is -0.0677. The zero-order valence-electron chi connectivity index (χ0n) is 15.9. The molecule has 1 aromatic heterocycles. The highest BCUT2D eigenvalue weighted by Crippen LogP contribution is 2.42. The van der Waals surface area contributed by atoms with Crippen molar-refractivity contribution in [3.63, 3.8) is 0 Å². The Morgan fingerprint density at radius 3 is 2.81 bits per heavy atom. The molecule has 4 heterocycles. The molecule has 8 heteroatoms. The third-order valence-corrected chi connectivity index (χ3v) is 5.19. The van der Waals surface area contributed by atoms with Crippen LogP contribution in [-0.4, -0.2) is 60.6 Å². The lowest BCUT2D eigenvalue weighted by atomic mass is 9.90. The summed E-state index contributed by atoms with van der Waals surface area (Å²) in [7, 11) is 0. The van der Waals surface area contributed by atoms with E-state index < -0.39 is 11.2 Å². The number of halogens is 1. The van der Waals surface area contributed by atoms with Crippen LogP contribution in [0.3, 0.4) is 0 Å². The minimum Gasteiger partial charge on any atom is -0.486 e. The molecule has 1 aromatic rings. The van der Waals surface area contributed by atoms with Crippen LogP contribution in [0.15, 0.2) is 6.07 Å². The summed E-state index contributed by atoms with van der Waals surface area (Å²) in [5, 5.41) is 0.379. The van der Waals surface area contributed by atoms with Crippen LogP contribution < -0.4 is 4.74 Å². The Morgan fingerprint density at radius 1 is 1.37 bits per heavy atom. The largest absolute Gasteiger partial charge is 0.486 e. The highest BCUT2D eigenvalue weighted by atomic mass is 35.5. The van der Waals surface area contributed by atoms with Gasteiger partial charge in [0.15, 0.2) is 0 Å². The molecule has 148 valence electrons. The van der Waals surface area contributed by atoms with Gasteiger partial charge in [-0.25, -0.2) is 9.78 Å². The van der Waals surface area contributed by atoms with E-state index in [-0.39, 0.29) is 12.2 Å². The molecular formula is C19H25ClN2O5. The number of carbonyl (C=O) groups is 1. The van der Waals surface area contributed by atoms with E-state index >= 15 is 0 Å². The maximum atomic E-state index is 12.1. The zero-order chi connectivity index (χ0) is 19.2. The van der Waals surface area contributed by atoms with Crippen LogP contribution in [0, 0.1) is 0 Å². The van der Waals surface area contributed by atoms with Gasteiger partial charge < -0.3 is 23.8 Å². The summed E-state index contributed by atoms with van der Waals surface area (Å²) in [6, 6.07) is 1.76. The molecule has 1 atom stereocenters. The van der Waals surface area contributed by atoms with Gasteiger partial charge in [0.25, 0.3) is 0 Å². The van der Waals surface area contributed by atoms with Crippen molar-refractivity contribution in [1.82, 2.24) is 9.88 Å². The second kappa shape index (κ2) is 6.79. The maximum absolute atomic E-state index is 12.1. The number of carbonyl (C=O) groups excluding carboxylic acids is 1. The van der Waals surface area contributed by atoms with Gasteiger partial charge >= 0.3 is 6.09 Å². The average Bonchev–Trinajstić information content (AvgIpc) is 2.99. The van der Waals surface area contributed by atoms with Gasteiger partial charge in [-0.2, -0.15) is 0 Å². The van der Waals surface area contributed by atoms with Crippen molar-refractivity contribution < 1.29 is 23.7 Å². The van der Waals surface area contributed by atoms with E-state index in [1.54, 1.807) is 11.0 Å². The number of amides is 1. The molecule has 1 spiro atoms. The third-order valence-electron chi connectivity index (χ3n) is 4.99. The average molecular weight is 397 g/mol. The first kappa shape index (κ1) is 18.8. The van der Waals surface area contributed by atoms with Crippen molar-refractivity contribution >= 4 is 17.7 Å². The normalized spacial score (nSPS) is 25.3. The quantitative estimate of drug-likeness (QED) is 0.716. The molecule has 0 bridgehead atoms. The molecule has 27 heavy (non-hydrogen) atoms. The van der Waals surface area contributed by atoms with Crippen molar-refractivity contribution in [3.8, 4) is 5.75 Å². The van der Waals surface area contributed by atoms with Crippen molar-refractivity contribution in [1.29, 1.82) is 0 Å². The summed E-state index contributed by atoms with van der Waals surface area (Å²) < 4.78 is 23.1. The number of fused-ring (bicyclic) bond motifs is 2. The van der Waals surface area contributed by atoms with E-state index in [2.05, 4.69) is 4.98 Å². The van der Waals surface area contributed by atoms with Gasteiger partial charge in [-0.15, -0.1) is 0 Å². The molecule has 0 aromatic carbocycles. The fourth-order valence-electron chi connectivity index (χ4n) is 3.67. The minimum atomic E-state index is -0.515. The first-order chi connectivity index (χ1) is 12.8. The van der Waals surface area contributed by atoms with Crippen LogP contribution in [0.5, 0.6) is 5.75 Å². The molecule has 3 aliphatic rings. The van der Waals surface area contributed by atoms with Gasteiger partial charge in [-0.3, -0.25) is 0 Å². The van der Waals surface area contributed by atoms with Crippen molar-refractivity contribution in [2.75, 3.05) is 32.9 Å². The van der Waals surface area contributed by atoms with Gasteiger partial charge in [0.2, 0.25) is 0 Å². The molecule has 0 saturated carbocycles. The SMILES string of the molecule is CC(C)(C)OC(=O)N1CC(Oc2cc(Cl)nc3c2CCOC32CCOC2)C1. The molecule has 3 aliphatic heterocycles. The summed E-state index contributed by atoms with van der Waals surface area (Å²) >= 11 is 6.27. The number of likely N-dealkylation sites (tertiary alicyclic amines) is 1. The molecular weight excluding hydrogens is 372 g/mol. The highest BCUT2D eigenvalue weighted by Gasteiger charge is 2.45. The predicted octanol–water partition coefficient (Wildman–Crippen LogP) is 2.92. The smallest absolute Gasteiger partial charge is 0.410 e. The van der Waals surface area contributed by atoms with E-state index in [1.165, 1.54) is 0 Å².